The molecule has 2 saturated heterocycles. The molecule has 1 spiro atoms. The average molecular weight is 422 g/mol. The number of piperidine rings is 1. The van der Waals surface area contributed by atoms with Gasteiger partial charge in [-0.1, -0.05) is 42.5 Å². The van der Waals surface area contributed by atoms with Gasteiger partial charge in [-0.3, -0.25) is 4.79 Å². The number of likely N-dealkylation sites (tertiary alicyclic amines) is 1. The van der Waals surface area contributed by atoms with Gasteiger partial charge in [0, 0.05) is 39.0 Å². The molecule has 2 fully saturated rings. The lowest BCUT2D eigenvalue weighted by Gasteiger charge is -2.48. The fraction of sp³-hybridized carbons (Fsp3) is 0.500. The molecule has 3 aliphatic heterocycles. The van der Waals surface area contributed by atoms with E-state index in [9.17, 15) is 4.79 Å². The quantitative estimate of drug-likeness (QED) is 0.727. The largest absolute Gasteiger partial charge is 0.492 e. The third-order valence-electron chi connectivity index (χ3n) is 6.95. The minimum Gasteiger partial charge on any atom is -0.492 e. The summed E-state index contributed by atoms with van der Waals surface area (Å²) in [6.07, 6.45) is 4.57. The van der Waals surface area contributed by atoms with Crippen molar-refractivity contribution in [1.82, 2.24) is 4.90 Å². The molecule has 2 unspecified atom stereocenters. The van der Waals surface area contributed by atoms with Crippen LogP contribution in [-0.2, 0) is 15.9 Å². The van der Waals surface area contributed by atoms with E-state index in [1.807, 2.05) is 23.1 Å². The van der Waals surface area contributed by atoms with Crippen LogP contribution in [0, 0.1) is 0 Å². The van der Waals surface area contributed by atoms with Crippen LogP contribution in [-0.4, -0.2) is 48.8 Å². The lowest BCUT2D eigenvalue weighted by molar-refractivity contribution is -0.190. The number of hydrogen-bond donors (Lipinski definition) is 0. The normalized spacial score (nSPS) is 24.6. The van der Waals surface area contributed by atoms with Crippen molar-refractivity contribution < 1.29 is 19.0 Å². The predicted molar refractivity (Wildman–Crippen MR) is 118 cm³/mol. The molecule has 31 heavy (non-hydrogen) atoms. The van der Waals surface area contributed by atoms with Crippen molar-refractivity contribution in [3.8, 4) is 5.75 Å². The summed E-state index contributed by atoms with van der Waals surface area (Å²) in [6.45, 7) is 4.83. The molecular formula is C26H31NO4. The lowest BCUT2D eigenvalue weighted by Crippen LogP contribution is -2.52. The van der Waals surface area contributed by atoms with Crippen LogP contribution in [0.4, 0.5) is 0 Å². The van der Waals surface area contributed by atoms with E-state index in [-0.39, 0.29) is 23.7 Å². The summed E-state index contributed by atoms with van der Waals surface area (Å²) in [5.41, 5.74) is 2.82. The Morgan fingerprint density at radius 3 is 2.71 bits per heavy atom. The smallest absolute Gasteiger partial charge is 0.257 e. The Balaban J connectivity index is 1.31. The zero-order valence-corrected chi connectivity index (χ0v) is 18.2. The maximum atomic E-state index is 13.3. The summed E-state index contributed by atoms with van der Waals surface area (Å²) in [5.74, 6) is 0.854. The van der Waals surface area contributed by atoms with Crippen LogP contribution >= 0.6 is 0 Å². The third kappa shape index (κ3) is 4.09. The molecule has 3 aliphatic rings. The Morgan fingerprint density at radius 1 is 1.13 bits per heavy atom. The number of hydrogen-bond acceptors (Lipinski definition) is 4. The first-order valence-electron chi connectivity index (χ1n) is 11.6. The summed E-state index contributed by atoms with van der Waals surface area (Å²) < 4.78 is 18.6. The molecule has 2 aromatic carbocycles. The first kappa shape index (κ1) is 20.5. The van der Waals surface area contributed by atoms with Gasteiger partial charge >= 0.3 is 0 Å². The summed E-state index contributed by atoms with van der Waals surface area (Å²) in [4.78, 5) is 15.2. The number of ether oxygens (including phenoxy) is 3. The molecular weight excluding hydrogens is 390 g/mol. The van der Waals surface area contributed by atoms with Crippen molar-refractivity contribution in [2.75, 3.05) is 26.3 Å². The van der Waals surface area contributed by atoms with E-state index in [0.717, 1.165) is 43.4 Å². The van der Waals surface area contributed by atoms with E-state index in [4.69, 9.17) is 14.2 Å². The molecule has 2 atom stereocenters. The third-order valence-corrected chi connectivity index (χ3v) is 6.95. The van der Waals surface area contributed by atoms with Gasteiger partial charge in [0.25, 0.3) is 5.91 Å². The van der Waals surface area contributed by atoms with Gasteiger partial charge in [-0.2, -0.15) is 0 Å². The molecule has 1 amide bonds. The Bertz CT molecular complexity index is 920. The zero-order valence-electron chi connectivity index (χ0n) is 18.2. The van der Waals surface area contributed by atoms with Crippen molar-refractivity contribution in [1.29, 1.82) is 0 Å². The number of para-hydroxylation sites is 1. The number of fused-ring (bicyclic) bond motifs is 1. The summed E-state index contributed by atoms with van der Waals surface area (Å²) in [5, 5.41) is 0. The molecule has 5 rings (SSSR count). The van der Waals surface area contributed by atoms with Crippen LogP contribution in [0.25, 0.3) is 0 Å². The summed E-state index contributed by atoms with van der Waals surface area (Å²) in [6, 6.07) is 16.4. The highest BCUT2D eigenvalue weighted by Crippen LogP contribution is 2.44. The predicted octanol–water partition coefficient (Wildman–Crippen LogP) is 4.55. The molecule has 0 aromatic heterocycles. The first-order valence-corrected chi connectivity index (χ1v) is 11.6. The molecule has 0 saturated carbocycles. The Morgan fingerprint density at radius 2 is 1.94 bits per heavy atom. The molecule has 0 aliphatic carbocycles. The minimum atomic E-state index is -0.232. The Labute approximate surface area is 184 Å². The second-order valence-electron chi connectivity index (χ2n) is 8.90. The van der Waals surface area contributed by atoms with Gasteiger partial charge in [-0.25, -0.2) is 0 Å². The highest BCUT2D eigenvalue weighted by molar-refractivity contribution is 5.97. The molecule has 0 N–H and O–H groups in total. The second-order valence-corrected chi connectivity index (χ2v) is 8.90. The van der Waals surface area contributed by atoms with Gasteiger partial charge in [0.1, 0.15) is 5.75 Å². The van der Waals surface area contributed by atoms with E-state index in [1.54, 1.807) is 0 Å². The number of carbonyl (C=O) groups excluding carboxylic acids is 1. The van der Waals surface area contributed by atoms with Crippen molar-refractivity contribution in [3.63, 3.8) is 0 Å². The van der Waals surface area contributed by atoms with Crippen LogP contribution < -0.4 is 4.74 Å². The van der Waals surface area contributed by atoms with Crippen LogP contribution in [0.15, 0.2) is 48.5 Å². The van der Waals surface area contributed by atoms with Gasteiger partial charge in [-0.05, 0) is 37.0 Å². The zero-order chi connectivity index (χ0) is 21.3. The number of benzene rings is 2. The topological polar surface area (TPSA) is 48.0 Å². The van der Waals surface area contributed by atoms with Crippen molar-refractivity contribution in [3.05, 3.63) is 65.2 Å². The first-order chi connectivity index (χ1) is 15.2. The summed E-state index contributed by atoms with van der Waals surface area (Å²) >= 11 is 0. The molecule has 5 nitrogen and oxygen atoms in total. The number of nitrogens with zero attached hydrogens (tertiary/aromatic N) is 1. The van der Waals surface area contributed by atoms with Gasteiger partial charge in [0.15, 0.2) is 0 Å². The maximum absolute atomic E-state index is 13.3. The van der Waals surface area contributed by atoms with Crippen molar-refractivity contribution in [2.24, 2.45) is 0 Å². The van der Waals surface area contributed by atoms with Crippen LogP contribution in [0.2, 0.25) is 0 Å². The van der Waals surface area contributed by atoms with Gasteiger partial charge < -0.3 is 19.1 Å². The lowest BCUT2D eigenvalue weighted by atomic mass is 9.80. The van der Waals surface area contributed by atoms with E-state index < -0.39 is 0 Å². The molecule has 164 valence electrons. The van der Waals surface area contributed by atoms with Crippen LogP contribution in [0.1, 0.15) is 60.2 Å². The van der Waals surface area contributed by atoms with Crippen molar-refractivity contribution >= 4 is 5.91 Å². The number of rotatable bonds is 4. The van der Waals surface area contributed by atoms with E-state index in [0.29, 0.717) is 31.9 Å². The fourth-order valence-electron chi connectivity index (χ4n) is 5.36. The van der Waals surface area contributed by atoms with E-state index in [1.165, 1.54) is 5.56 Å². The standard InChI is InChI=1S/C26H31NO4/c1-2-29-21-17-23(19-7-4-3-5-8-19)31-26(18-21)12-14-27(15-13-26)25(28)22-10-6-9-20-11-16-30-24(20)22/h3-10,21,23H,2,11-18H2,1H3. The van der Waals surface area contributed by atoms with E-state index >= 15 is 0 Å². The number of carbonyl (C=O) groups is 1. The van der Waals surface area contributed by atoms with Gasteiger partial charge in [0.2, 0.25) is 0 Å². The SMILES string of the molecule is CCOC1CC(c2ccccc2)OC2(CCN(C(=O)c3cccc4c3OCC4)CC2)C1. The molecule has 0 bridgehead atoms. The molecule has 3 heterocycles. The minimum absolute atomic E-state index is 0.0412. The average Bonchev–Trinajstić information content (AvgIpc) is 3.29. The van der Waals surface area contributed by atoms with Crippen molar-refractivity contribution in [2.45, 2.75) is 56.8 Å². The molecule has 0 radical (unpaired) electrons. The Kier molecular flexibility index (Phi) is 5.72. The van der Waals surface area contributed by atoms with Crippen LogP contribution in [0.5, 0.6) is 5.75 Å². The monoisotopic (exact) mass is 421 g/mol. The van der Waals surface area contributed by atoms with Gasteiger partial charge in [0.05, 0.1) is 30.0 Å². The Hall–Kier alpha value is -2.37. The highest BCUT2D eigenvalue weighted by atomic mass is 16.5. The number of amides is 1. The second kappa shape index (κ2) is 8.64. The highest BCUT2D eigenvalue weighted by Gasteiger charge is 2.45. The van der Waals surface area contributed by atoms with E-state index in [2.05, 4.69) is 37.3 Å². The van der Waals surface area contributed by atoms with Gasteiger partial charge in [-0.15, -0.1) is 0 Å². The maximum Gasteiger partial charge on any atom is 0.257 e. The van der Waals surface area contributed by atoms with Crippen LogP contribution in [0.3, 0.4) is 0 Å². The molecule has 5 heteroatoms. The molecule has 2 aromatic rings. The fourth-order valence-corrected chi connectivity index (χ4v) is 5.36. The summed E-state index contributed by atoms with van der Waals surface area (Å²) in [7, 11) is 0.